The number of hydrogen-bond acceptors (Lipinski definition) is 4. The topological polar surface area (TPSA) is 79.1 Å². The number of benzene rings is 1. The van der Waals surface area contributed by atoms with E-state index in [1.807, 2.05) is 24.3 Å². The number of aliphatic imine (C=N–C) groups is 1. The van der Waals surface area contributed by atoms with Crippen LogP contribution in [0.3, 0.4) is 0 Å². The molecule has 1 fully saturated rings. The number of halogens is 1. The lowest BCUT2D eigenvalue weighted by Gasteiger charge is -2.40. The van der Waals surface area contributed by atoms with Crippen LogP contribution in [0, 0.1) is 0 Å². The third-order valence-corrected chi connectivity index (χ3v) is 6.14. The quantitative estimate of drug-likeness (QED) is 0.323. The normalized spacial score (nSPS) is 18.9. The van der Waals surface area contributed by atoms with Crippen molar-refractivity contribution >= 4 is 35.8 Å². The molecule has 7 nitrogen and oxygen atoms in total. The van der Waals surface area contributed by atoms with Crippen molar-refractivity contribution in [3.8, 4) is 5.75 Å². The molecule has 2 N–H and O–H groups in total. The van der Waals surface area contributed by atoms with Crippen LogP contribution in [0.25, 0.3) is 0 Å². The van der Waals surface area contributed by atoms with Crippen LogP contribution >= 0.6 is 24.0 Å². The zero-order valence-corrected chi connectivity index (χ0v) is 21.1. The molecule has 2 heterocycles. The predicted molar refractivity (Wildman–Crippen MR) is 136 cm³/mol. The Morgan fingerprint density at radius 3 is 2.69 bits per heavy atom. The fraction of sp³-hybridized carbons (Fsp3) is 0.500. The van der Waals surface area contributed by atoms with Crippen molar-refractivity contribution in [2.45, 2.75) is 50.2 Å². The monoisotopic (exact) mass is 552 g/mol. The lowest BCUT2D eigenvalue weighted by Crippen LogP contribution is -2.47. The van der Waals surface area contributed by atoms with E-state index in [1.165, 1.54) is 12.8 Å². The molecule has 1 saturated carbocycles. The van der Waals surface area contributed by atoms with Crippen LogP contribution < -0.4 is 15.4 Å². The average Bonchev–Trinajstić information content (AvgIpc) is 3.44. The van der Waals surface area contributed by atoms with E-state index in [4.69, 9.17) is 9.15 Å². The van der Waals surface area contributed by atoms with Crippen LogP contribution in [0.2, 0.25) is 0 Å². The largest absolute Gasteiger partial charge is 0.487 e. The Bertz CT molecular complexity index is 908. The molecule has 1 aromatic heterocycles. The highest BCUT2D eigenvalue weighted by molar-refractivity contribution is 14.0. The van der Waals surface area contributed by atoms with E-state index in [-0.39, 0.29) is 48.1 Å². The van der Waals surface area contributed by atoms with Crippen molar-refractivity contribution in [2.75, 3.05) is 27.2 Å². The van der Waals surface area contributed by atoms with Crippen molar-refractivity contribution in [3.05, 3.63) is 54.0 Å². The van der Waals surface area contributed by atoms with E-state index in [0.717, 1.165) is 42.8 Å². The van der Waals surface area contributed by atoms with Gasteiger partial charge in [0.25, 0.3) is 0 Å². The number of ether oxygens (including phenoxy) is 1. The number of nitrogens with one attached hydrogen (secondary N) is 2. The number of furan rings is 1. The zero-order valence-electron chi connectivity index (χ0n) is 18.8. The Labute approximate surface area is 207 Å². The Morgan fingerprint density at radius 1 is 1.19 bits per heavy atom. The van der Waals surface area contributed by atoms with Crippen LogP contribution in [0.15, 0.2) is 52.1 Å². The van der Waals surface area contributed by atoms with Gasteiger partial charge >= 0.3 is 0 Å². The van der Waals surface area contributed by atoms with Crippen LogP contribution in [-0.2, 0) is 11.2 Å². The number of amides is 1. The summed E-state index contributed by atoms with van der Waals surface area (Å²) in [5.74, 6) is 2.47. The second-order valence-electron chi connectivity index (χ2n) is 8.64. The smallest absolute Gasteiger partial charge is 0.243 e. The molecule has 32 heavy (non-hydrogen) atoms. The molecule has 2 aromatic rings. The Morgan fingerprint density at radius 2 is 1.97 bits per heavy atom. The van der Waals surface area contributed by atoms with Crippen LogP contribution in [0.1, 0.15) is 49.5 Å². The van der Waals surface area contributed by atoms with Gasteiger partial charge in [-0.15, -0.1) is 24.0 Å². The summed E-state index contributed by atoms with van der Waals surface area (Å²) in [6.07, 6.45) is 7.88. The number of carbonyl (C=O) groups is 1. The molecule has 1 unspecified atom stereocenters. The minimum Gasteiger partial charge on any atom is -0.487 e. The van der Waals surface area contributed by atoms with E-state index in [0.29, 0.717) is 12.5 Å². The summed E-state index contributed by atoms with van der Waals surface area (Å²) in [6, 6.07) is 12.2. The molecule has 8 heteroatoms. The summed E-state index contributed by atoms with van der Waals surface area (Å²) in [5.41, 5.74) is 1.03. The number of fused-ring (bicyclic) bond motifs is 1. The van der Waals surface area contributed by atoms with Crippen molar-refractivity contribution in [2.24, 2.45) is 4.99 Å². The van der Waals surface area contributed by atoms with Gasteiger partial charge in [0.1, 0.15) is 23.7 Å². The molecule has 0 bridgehead atoms. The molecule has 0 saturated heterocycles. The van der Waals surface area contributed by atoms with E-state index < -0.39 is 0 Å². The average molecular weight is 552 g/mol. The maximum absolute atomic E-state index is 12.1. The van der Waals surface area contributed by atoms with E-state index in [2.05, 4.69) is 27.8 Å². The van der Waals surface area contributed by atoms with Gasteiger partial charge in [0.2, 0.25) is 5.91 Å². The predicted octanol–water partition coefficient (Wildman–Crippen LogP) is 3.90. The van der Waals surface area contributed by atoms with Crippen LogP contribution in [0.5, 0.6) is 5.75 Å². The molecule has 2 aliphatic rings. The first-order valence-corrected chi connectivity index (χ1v) is 11.1. The maximum Gasteiger partial charge on any atom is 0.243 e. The number of para-hydroxylation sites is 1. The first kappa shape index (κ1) is 24.4. The first-order valence-electron chi connectivity index (χ1n) is 11.1. The SMILES string of the molecule is CN(C)C(=O)CN=C(NCCc1ccco1)NC1CC2(CCCC2)Oc2ccccc21.I. The number of carbonyl (C=O) groups excluding carboxylic acids is 1. The van der Waals surface area contributed by atoms with Crippen molar-refractivity contribution in [1.82, 2.24) is 15.5 Å². The summed E-state index contributed by atoms with van der Waals surface area (Å²) < 4.78 is 11.9. The van der Waals surface area contributed by atoms with Crippen molar-refractivity contribution in [1.29, 1.82) is 0 Å². The summed E-state index contributed by atoms with van der Waals surface area (Å²) in [6.45, 7) is 0.755. The lowest BCUT2D eigenvalue weighted by molar-refractivity contribution is -0.127. The Hall–Kier alpha value is -2.23. The second kappa shape index (κ2) is 11.1. The maximum atomic E-state index is 12.1. The molecule has 1 amide bonds. The van der Waals surface area contributed by atoms with E-state index in [1.54, 1.807) is 25.3 Å². The van der Waals surface area contributed by atoms with Gasteiger partial charge in [-0.2, -0.15) is 0 Å². The van der Waals surface area contributed by atoms with Gasteiger partial charge in [-0.3, -0.25) is 4.79 Å². The highest BCUT2D eigenvalue weighted by atomic mass is 127. The molecule has 1 aliphatic heterocycles. The molecule has 4 rings (SSSR count). The molecule has 1 spiro atoms. The molecule has 1 atom stereocenters. The second-order valence-corrected chi connectivity index (χ2v) is 8.64. The molecular formula is C24H33IN4O3. The summed E-state index contributed by atoms with van der Waals surface area (Å²) >= 11 is 0. The van der Waals surface area contributed by atoms with Gasteiger partial charge < -0.3 is 24.7 Å². The molecule has 1 aromatic carbocycles. The molecule has 1 aliphatic carbocycles. The van der Waals surface area contributed by atoms with Crippen molar-refractivity contribution < 1.29 is 13.9 Å². The first-order chi connectivity index (χ1) is 15.0. The van der Waals surface area contributed by atoms with Gasteiger partial charge in [0, 0.05) is 39.0 Å². The molecule has 174 valence electrons. The number of rotatable bonds is 6. The summed E-state index contributed by atoms with van der Waals surface area (Å²) in [4.78, 5) is 18.3. The highest BCUT2D eigenvalue weighted by Gasteiger charge is 2.43. The number of likely N-dealkylation sites (N-methyl/N-ethyl adjacent to an activating group) is 1. The Kier molecular flexibility index (Phi) is 8.44. The van der Waals surface area contributed by atoms with Gasteiger partial charge in [-0.25, -0.2) is 4.99 Å². The van der Waals surface area contributed by atoms with Crippen LogP contribution in [-0.4, -0.2) is 49.6 Å². The van der Waals surface area contributed by atoms with Crippen LogP contribution in [0.4, 0.5) is 0 Å². The standard InChI is InChI=1S/C24H32N4O3.HI/c1-28(2)22(29)17-26-23(25-14-11-18-8-7-15-30-18)27-20-16-24(12-5-6-13-24)31-21-10-4-3-9-19(20)21;/h3-4,7-10,15,20H,5-6,11-14,16-17H2,1-2H3,(H2,25,26,27);1H. The molecule has 0 radical (unpaired) electrons. The third-order valence-electron chi connectivity index (χ3n) is 6.14. The van der Waals surface area contributed by atoms with Gasteiger partial charge in [-0.05, 0) is 43.9 Å². The molecular weight excluding hydrogens is 519 g/mol. The van der Waals surface area contributed by atoms with Gasteiger partial charge in [-0.1, -0.05) is 18.2 Å². The lowest BCUT2D eigenvalue weighted by atomic mass is 9.86. The fourth-order valence-electron chi connectivity index (χ4n) is 4.44. The third kappa shape index (κ3) is 5.96. The number of guanidine groups is 1. The minimum atomic E-state index is -0.106. The summed E-state index contributed by atoms with van der Waals surface area (Å²) in [5, 5.41) is 6.97. The highest BCUT2D eigenvalue weighted by Crippen LogP contribution is 2.46. The van der Waals surface area contributed by atoms with E-state index in [9.17, 15) is 4.79 Å². The van der Waals surface area contributed by atoms with Gasteiger partial charge in [0.05, 0.1) is 12.3 Å². The minimum absolute atomic E-state index is 0. The number of hydrogen-bond donors (Lipinski definition) is 2. The van der Waals surface area contributed by atoms with E-state index >= 15 is 0 Å². The zero-order chi connectivity index (χ0) is 21.7. The van der Waals surface area contributed by atoms with Gasteiger partial charge in [0.15, 0.2) is 5.96 Å². The number of nitrogens with zero attached hydrogens (tertiary/aromatic N) is 2. The fourth-order valence-corrected chi connectivity index (χ4v) is 4.44. The Balaban J connectivity index is 0.00000289. The summed E-state index contributed by atoms with van der Waals surface area (Å²) in [7, 11) is 3.49. The van der Waals surface area contributed by atoms with Crippen molar-refractivity contribution in [3.63, 3.8) is 0 Å².